The maximum Gasteiger partial charge on any atom is 0.374 e. The minimum Gasteiger partial charge on any atom is -0.450 e. The molecular weight excluding hydrogens is 350 g/mol. The Hall–Kier alpha value is -2.79. The number of hydrogen-bond acceptors (Lipinski definition) is 6. The van der Waals surface area contributed by atoms with Gasteiger partial charge in [0.15, 0.2) is 18.2 Å². The number of nitrogens with one attached hydrogen (secondary N) is 1. The quantitative estimate of drug-likeness (QED) is 0.766. The number of nitrogens with two attached hydrogens (primary N) is 1. The van der Waals surface area contributed by atoms with Crippen molar-refractivity contribution in [1.29, 1.82) is 0 Å². The number of carbonyl (C=O) groups excluding carboxylic acids is 2. The van der Waals surface area contributed by atoms with E-state index in [1.165, 1.54) is 0 Å². The first-order chi connectivity index (χ1) is 11.2. The van der Waals surface area contributed by atoms with E-state index in [1.54, 1.807) is 0 Å². The molecule has 0 unspecified atom stereocenters. The normalized spacial score (nSPS) is 11.1. The molecule has 1 heterocycles. The molecule has 2 aromatic rings. The minimum absolute atomic E-state index is 0.0375. The zero-order valence-corrected chi connectivity index (χ0v) is 12.6. The smallest absolute Gasteiger partial charge is 0.374 e. The molecular formula is C13H10F2N2O6S. The SMILES string of the molecule is NS(=O)(=O)c1ccc(C(=O)OCC(=O)Nc2ccc(F)c(F)c2)o1. The van der Waals surface area contributed by atoms with Gasteiger partial charge in [0.05, 0.1) is 0 Å². The van der Waals surface area contributed by atoms with Crippen LogP contribution in [0.2, 0.25) is 0 Å². The predicted octanol–water partition coefficient (Wildman–Crippen LogP) is 1.00. The fourth-order valence-electron chi connectivity index (χ4n) is 1.56. The van der Waals surface area contributed by atoms with Crippen LogP contribution in [0.1, 0.15) is 10.6 Å². The first-order valence-corrected chi connectivity index (χ1v) is 7.76. The number of benzene rings is 1. The Labute approximate surface area is 134 Å². The molecule has 0 aliphatic heterocycles. The third-order valence-corrected chi connectivity index (χ3v) is 3.38. The van der Waals surface area contributed by atoms with E-state index in [9.17, 15) is 26.8 Å². The molecule has 8 nitrogen and oxygen atoms in total. The van der Waals surface area contributed by atoms with Gasteiger partial charge in [-0.3, -0.25) is 4.79 Å². The first kappa shape index (κ1) is 17.6. The number of rotatable bonds is 5. The van der Waals surface area contributed by atoms with Crippen LogP contribution < -0.4 is 10.5 Å². The van der Waals surface area contributed by atoms with Gasteiger partial charge in [0.25, 0.3) is 15.9 Å². The van der Waals surface area contributed by atoms with Crippen molar-refractivity contribution in [3.63, 3.8) is 0 Å². The monoisotopic (exact) mass is 360 g/mol. The predicted molar refractivity (Wildman–Crippen MR) is 75.4 cm³/mol. The van der Waals surface area contributed by atoms with E-state index in [1.807, 2.05) is 0 Å². The molecule has 1 aromatic carbocycles. The third kappa shape index (κ3) is 4.36. The summed E-state index contributed by atoms with van der Waals surface area (Å²) in [5.41, 5.74) is -0.0375. The summed E-state index contributed by atoms with van der Waals surface area (Å²) in [6, 6.07) is 4.64. The van der Waals surface area contributed by atoms with Crippen LogP contribution in [-0.4, -0.2) is 26.9 Å². The average molecular weight is 360 g/mol. The van der Waals surface area contributed by atoms with Crippen molar-refractivity contribution in [2.24, 2.45) is 5.14 Å². The summed E-state index contributed by atoms with van der Waals surface area (Å²) in [5.74, 6) is -4.64. The second-order valence-corrected chi connectivity index (χ2v) is 5.91. The molecule has 2 rings (SSSR count). The number of carbonyl (C=O) groups is 2. The van der Waals surface area contributed by atoms with Gasteiger partial charge in [-0.1, -0.05) is 0 Å². The molecule has 1 amide bonds. The Kier molecular flexibility index (Phi) is 4.95. The van der Waals surface area contributed by atoms with E-state index in [2.05, 4.69) is 14.5 Å². The van der Waals surface area contributed by atoms with Crippen molar-refractivity contribution in [2.45, 2.75) is 5.09 Å². The van der Waals surface area contributed by atoms with Crippen LogP contribution in [0.3, 0.4) is 0 Å². The fraction of sp³-hybridized carbons (Fsp3) is 0.0769. The number of sulfonamides is 1. The second-order valence-electron chi connectivity index (χ2n) is 4.42. The van der Waals surface area contributed by atoms with E-state index in [0.29, 0.717) is 0 Å². The van der Waals surface area contributed by atoms with Crippen molar-refractivity contribution in [2.75, 3.05) is 11.9 Å². The number of furan rings is 1. The van der Waals surface area contributed by atoms with Gasteiger partial charge in [-0.25, -0.2) is 27.1 Å². The summed E-state index contributed by atoms with van der Waals surface area (Å²) in [4.78, 5) is 23.2. The molecule has 0 spiro atoms. The van der Waals surface area contributed by atoms with Gasteiger partial charge in [-0.15, -0.1) is 0 Å². The Bertz CT molecular complexity index is 894. The van der Waals surface area contributed by atoms with Gasteiger partial charge in [0, 0.05) is 11.8 Å². The summed E-state index contributed by atoms with van der Waals surface area (Å²) < 4.78 is 57.0. The lowest BCUT2D eigenvalue weighted by atomic mass is 10.3. The number of anilines is 1. The van der Waals surface area contributed by atoms with Crippen LogP contribution in [0.15, 0.2) is 39.8 Å². The van der Waals surface area contributed by atoms with Crippen LogP contribution in [0.5, 0.6) is 0 Å². The highest BCUT2D eigenvalue weighted by Gasteiger charge is 2.19. The number of esters is 1. The summed E-state index contributed by atoms with van der Waals surface area (Å²) >= 11 is 0. The van der Waals surface area contributed by atoms with Crippen LogP contribution in [0, 0.1) is 11.6 Å². The van der Waals surface area contributed by atoms with Crippen molar-refractivity contribution in [3.8, 4) is 0 Å². The maximum atomic E-state index is 13.0. The largest absolute Gasteiger partial charge is 0.450 e. The maximum absolute atomic E-state index is 13.0. The Balaban J connectivity index is 1.92. The zero-order chi connectivity index (χ0) is 17.9. The minimum atomic E-state index is -4.11. The van der Waals surface area contributed by atoms with E-state index in [-0.39, 0.29) is 5.69 Å². The lowest BCUT2D eigenvalue weighted by Gasteiger charge is -2.06. The summed E-state index contributed by atoms with van der Waals surface area (Å²) in [5, 5.41) is 6.34. The highest BCUT2D eigenvalue weighted by atomic mass is 32.2. The average Bonchev–Trinajstić information content (AvgIpc) is 2.99. The van der Waals surface area contributed by atoms with Crippen molar-refractivity contribution in [1.82, 2.24) is 0 Å². The van der Waals surface area contributed by atoms with Gasteiger partial charge in [-0.05, 0) is 24.3 Å². The number of primary sulfonamides is 1. The molecule has 3 N–H and O–H groups in total. The summed E-state index contributed by atoms with van der Waals surface area (Å²) in [6.07, 6.45) is 0. The van der Waals surface area contributed by atoms with Gasteiger partial charge in [-0.2, -0.15) is 0 Å². The molecule has 0 aliphatic rings. The molecule has 0 saturated carbocycles. The van der Waals surface area contributed by atoms with E-state index in [0.717, 1.165) is 30.3 Å². The van der Waals surface area contributed by atoms with Crippen molar-refractivity contribution in [3.05, 3.63) is 47.7 Å². The molecule has 0 saturated heterocycles. The van der Waals surface area contributed by atoms with E-state index >= 15 is 0 Å². The number of ether oxygens (including phenoxy) is 1. The molecule has 0 aliphatic carbocycles. The van der Waals surface area contributed by atoms with Crippen LogP contribution >= 0.6 is 0 Å². The van der Waals surface area contributed by atoms with E-state index < -0.39 is 51.0 Å². The van der Waals surface area contributed by atoms with Gasteiger partial charge < -0.3 is 14.5 Å². The molecule has 0 bridgehead atoms. The summed E-state index contributed by atoms with van der Waals surface area (Å²) in [7, 11) is -4.11. The van der Waals surface area contributed by atoms with Crippen molar-refractivity contribution < 1.29 is 35.9 Å². The molecule has 128 valence electrons. The fourth-order valence-corrected chi connectivity index (χ4v) is 2.02. The van der Waals surface area contributed by atoms with Crippen LogP contribution in [0.25, 0.3) is 0 Å². The third-order valence-electron chi connectivity index (χ3n) is 2.60. The summed E-state index contributed by atoms with van der Waals surface area (Å²) in [6.45, 7) is -0.761. The zero-order valence-electron chi connectivity index (χ0n) is 11.8. The van der Waals surface area contributed by atoms with Crippen LogP contribution in [-0.2, 0) is 19.6 Å². The van der Waals surface area contributed by atoms with Gasteiger partial charge >= 0.3 is 5.97 Å². The lowest BCUT2D eigenvalue weighted by molar-refractivity contribution is -0.119. The molecule has 0 atom stereocenters. The first-order valence-electron chi connectivity index (χ1n) is 6.21. The Morgan fingerprint density at radius 2 is 1.88 bits per heavy atom. The van der Waals surface area contributed by atoms with Crippen molar-refractivity contribution >= 4 is 27.6 Å². The molecule has 0 radical (unpaired) electrons. The second kappa shape index (κ2) is 6.76. The number of hydrogen-bond donors (Lipinski definition) is 2. The van der Waals surface area contributed by atoms with E-state index in [4.69, 9.17) is 5.14 Å². The Morgan fingerprint density at radius 1 is 1.17 bits per heavy atom. The number of amides is 1. The van der Waals surface area contributed by atoms with Crippen LogP contribution in [0.4, 0.5) is 14.5 Å². The highest BCUT2D eigenvalue weighted by Crippen LogP contribution is 2.14. The highest BCUT2D eigenvalue weighted by molar-refractivity contribution is 7.89. The number of halogens is 2. The molecule has 11 heteroatoms. The Morgan fingerprint density at radius 3 is 2.46 bits per heavy atom. The molecule has 0 fully saturated rings. The molecule has 1 aromatic heterocycles. The van der Waals surface area contributed by atoms with Gasteiger partial charge in [0.1, 0.15) is 0 Å². The standard InChI is InChI=1S/C13H10F2N2O6S/c14-8-2-1-7(5-9(8)15)17-11(18)6-22-13(19)10-3-4-12(23-10)24(16,20)21/h1-5H,6H2,(H,17,18)(H2,16,20,21). The molecule has 24 heavy (non-hydrogen) atoms. The van der Waals surface area contributed by atoms with Gasteiger partial charge in [0.2, 0.25) is 10.9 Å². The lowest BCUT2D eigenvalue weighted by Crippen LogP contribution is -2.21. The topological polar surface area (TPSA) is 129 Å².